The Hall–Kier alpha value is -2.10. The molecule has 19 heavy (non-hydrogen) atoms. The highest BCUT2D eigenvalue weighted by molar-refractivity contribution is 5.45. The molecule has 0 atom stereocenters. The fraction of sp³-hybridized carbons (Fsp3) is 0.200. The summed E-state index contributed by atoms with van der Waals surface area (Å²) in [5.41, 5.74) is 0.987. The zero-order valence-electron chi connectivity index (χ0n) is 10.6. The van der Waals surface area contributed by atoms with Gasteiger partial charge in [-0.25, -0.2) is 8.78 Å². The molecule has 0 saturated carbocycles. The summed E-state index contributed by atoms with van der Waals surface area (Å²) < 4.78 is 32.1. The zero-order valence-corrected chi connectivity index (χ0v) is 10.6. The third-order valence-electron chi connectivity index (χ3n) is 2.62. The van der Waals surface area contributed by atoms with Crippen molar-refractivity contribution in [3.63, 3.8) is 0 Å². The van der Waals surface area contributed by atoms with Gasteiger partial charge in [0.05, 0.1) is 0 Å². The molecule has 2 aromatic rings. The molecule has 2 nitrogen and oxygen atoms in total. The standard InChI is InChI=1S/C15H15F2NO/c1-11-4-2-5-12(10-11)19-9-8-18-15-13(16)6-3-7-14(15)17/h2-7,10,18H,8-9H2,1H3. The topological polar surface area (TPSA) is 21.3 Å². The molecule has 0 unspecified atom stereocenters. The van der Waals surface area contributed by atoms with E-state index in [9.17, 15) is 8.78 Å². The molecule has 0 aliphatic carbocycles. The monoisotopic (exact) mass is 263 g/mol. The minimum absolute atomic E-state index is 0.115. The molecule has 0 aliphatic rings. The van der Waals surface area contributed by atoms with Crippen LogP contribution in [-0.2, 0) is 0 Å². The van der Waals surface area contributed by atoms with E-state index in [4.69, 9.17) is 4.74 Å². The number of ether oxygens (including phenoxy) is 1. The van der Waals surface area contributed by atoms with Gasteiger partial charge in [0.25, 0.3) is 0 Å². The van der Waals surface area contributed by atoms with Crippen molar-refractivity contribution in [1.82, 2.24) is 0 Å². The lowest BCUT2D eigenvalue weighted by atomic mass is 10.2. The van der Waals surface area contributed by atoms with E-state index in [0.29, 0.717) is 13.2 Å². The number of hydrogen-bond acceptors (Lipinski definition) is 2. The fourth-order valence-electron chi connectivity index (χ4n) is 1.72. The first-order chi connectivity index (χ1) is 9.16. The van der Waals surface area contributed by atoms with Gasteiger partial charge < -0.3 is 10.1 Å². The van der Waals surface area contributed by atoms with Gasteiger partial charge in [-0.2, -0.15) is 0 Å². The summed E-state index contributed by atoms with van der Waals surface area (Å²) in [5.74, 6) is -0.457. The number of benzene rings is 2. The fourth-order valence-corrected chi connectivity index (χ4v) is 1.72. The van der Waals surface area contributed by atoms with Gasteiger partial charge in [0.2, 0.25) is 0 Å². The van der Waals surface area contributed by atoms with E-state index >= 15 is 0 Å². The number of halogens is 2. The summed E-state index contributed by atoms with van der Waals surface area (Å²) in [6, 6.07) is 11.4. The quantitative estimate of drug-likeness (QED) is 0.829. The van der Waals surface area contributed by atoms with E-state index in [1.165, 1.54) is 18.2 Å². The van der Waals surface area contributed by atoms with Crippen LogP contribution in [0.4, 0.5) is 14.5 Å². The van der Waals surface area contributed by atoms with Crippen LogP contribution in [0.5, 0.6) is 5.75 Å². The van der Waals surface area contributed by atoms with Gasteiger partial charge in [-0.05, 0) is 36.8 Å². The Morgan fingerprint density at radius 1 is 1.05 bits per heavy atom. The molecule has 0 amide bonds. The molecular weight excluding hydrogens is 248 g/mol. The molecule has 0 aromatic heterocycles. The number of anilines is 1. The molecule has 2 rings (SSSR count). The Morgan fingerprint density at radius 3 is 2.42 bits per heavy atom. The van der Waals surface area contributed by atoms with E-state index in [1.54, 1.807) is 0 Å². The molecule has 0 heterocycles. The van der Waals surface area contributed by atoms with Crippen LogP contribution in [0.25, 0.3) is 0 Å². The molecule has 0 bridgehead atoms. The highest BCUT2D eigenvalue weighted by atomic mass is 19.1. The number of nitrogens with one attached hydrogen (secondary N) is 1. The predicted octanol–water partition coefficient (Wildman–Crippen LogP) is 3.76. The Bertz CT molecular complexity index is 537. The lowest BCUT2D eigenvalue weighted by Gasteiger charge is -2.10. The van der Waals surface area contributed by atoms with E-state index in [2.05, 4.69) is 5.32 Å². The van der Waals surface area contributed by atoms with Crippen molar-refractivity contribution >= 4 is 5.69 Å². The smallest absolute Gasteiger partial charge is 0.149 e. The van der Waals surface area contributed by atoms with Crippen LogP contribution < -0.4 is 10.1 Å². The molecule has 0 fully saturated rings. The summed E-state index contributed by atoms with van der Waals surface area (Å²) in [4.78, 5) is 0. The Morgan fingerprint density at radius 2 is 1.74 bits per heavy atom. The van der Waals surface area contributed by atoms with Gasteiger partial charge >= 0.3 is 0 Å². The van der Waals surface area contributed by atoms with Crippen LogP contribution in [-0.4, -0.2) is 13.2 Å². The van der Waals surface area contributed by atoms with Crippen molar-refractivity contribution in [2.45, 2.75) is 6.92 Å². The second kappa shape index (κ2) is 6.18. The van der Waals surface area contributed by atoms with E-state index in [-0.39, 0.29) is 5.69 Å². The molecule has 4 heteroatoms. The van der Waals surface area contributed by atoms with Gasteiger partial charge in [-0.1, -0.05) is 18.2 Å². The van der Waals surface area contributed by atoms with Crippen molar-refractivity contribution in [2.75, 3.05) is 18.5 Å². The third kappa shape index (κ3) is 3.68. The molecule has 0 aliphatic heterocycles. The molecular formula is C15H15F2NO. The first-order valence-corrected chi connectivity index (χ1v) is 6.04. The van der Waals surface area contributed by atoms with Gasteiger partial charge in [0, 0.05) is 6.54 Å². The predicted molar refractivity (Wildman–Crippen MR) is 71.5 cm³/mol. The summed E-state index contributed by atoms with van der Waals surface area (Å²) in [6.45, 7) is 2.63. The molecule has 1 N–H and O–H groups in total. The van der Waals surface area contributed by atoms with Crippen LogP contribution >= 0.6 is 0 Å². The van der Waals surface area contributed by atoms with Crippen LogP contribution in [0.15, 0.2) is 42.5 Å². The van der Waals surface area contributed by atoms with Gasteiger partial charge in [0.15, 0.2) is 0 Å². The van der Waals surface area contributed by atoms with Gasteiger partial charge in [-0.3, -0.25) is 0 Å². The minimum Gasteiger partial charge on any atom is -0.492 e. The number of para-hydroxylation sites is 1. The van der Waals surface area contributed by atoms with Crippen molar-refractivity contribution in [1.29, 1.82) is 0 Å². The molecule has 2 aromatic carbocycles. The van der Waals surface area contributed by atoms with Crippen molar-refractivity contribution in [2.24, 2.45) is 0 Å². The average molecular weight is 263 g/mol. The van der Waals surface area contributed by atoms with E-state index in [0.717, 1.165) is 11.3 Å². The SMILES string of the molecule is Cc1cccc(OCCNc2c(F)cccc2F)c1. The van der Waals surface area contributed by atoms with Crippen molar-refractivity contribution in [3.8, 4) is 5.75 Å². The summed E-state index contributed by atoms with van der Waals surface area (Å²) >= 11 is 0. The Labute approximate surface area is 111 Å². The highest BCUT2D eigenvalue weighted by Crippen LogP contribution is 2.17. The number of aryl methyl sites for hydroxylation is 1. The first kappa shape index (κ1) is 13.3. The number of rotatable bonds is 5. The lowest BCUT2D eigenvalue weighted by molar-refractivity contribution is 0.332. The van der Waals surface area contributed by atoms with Gasteiger partial charge in [-0.15, -0.1) is 0 Å². The minimum atomic E-state index is -0.601. The second-order valence-corrected chi connectivity index (χ2v) is 4.19. The summed E-state index contributed by atoms with van der Waals surface area (Å²) in [5, 5.41) is 2.69. The zero-order chi connectivity index (χ0) is 13.7. The maximum absolute atomic E-state index is 13.3. The number of hydrogen-bond donors (Lipinski definition) is 1. The Kier molecular flexibility index (Phi) is 4.34. The van der Waals surface area contributed by atoms with Crippen LogP contribution in [0.2, 0.25) is 0 Å². The third-order valence-corrected chi connectivity index (χ3v) is 2.62. The largest absolute Gasteiger partial charge is 0.492 e. The highest BCUT2D eigenvalue weighted by Gasteiger charge is 2.06. The molecule has 0 saturated heterocycles. The second-order valence-electron chi connectivity index (χ2n) is 4.19. The average Bonchev–Trinajstić information content (AvgIpc) is 2.37. The normalized spacial score (nSPS) is 10.3. The van der Waals surface area contributed by atoms with Crippen LogP contribution in [0.3, 0.4) is 0 Å². The van der Waals surface area contributed by atoms with Crippen LogP contribution in [0, 0.1) is 18.6 Å². The summed E-state index contributed by atoms with van der Waals surface area (Å²) in [6.07, 6.45) is 0. The van der Waals surface area contributed by atoms with E-state index in [1.807, 2.05) is 31.2 Å². The summed E-state index contributed by atoms with van der Waals surface area (Å²) in [7, 11) is 0. The molecule has 0 spiro atoms. The van der Waals surface area contributed by atoms with Crippen molar-refractivity contribution < 1.29 is 13.5 Å². The lowest BCUT2D eigenvalue weighted by Crippen LogP contribution is -2.13. The maximum Gasteiger partial charge on any atom is 0.149 e. The maximum atomic E-state index is 13.3. The molecule has 100 valence electrons. The first-order valence-electron chi connectivity index (χ1n) is 6.04. The van der Waals surface area contributed by atoms with Crippen molar-refractivity contribution in [3.05, 3.63) is 59.7 Å². The Balaban J connectivity index is 1.84. The van der Waals surface area contributed by atoms with Crippen LogP contribution in [0.1, 0.15) is 5.56 Å². The van der Waals surface area contributed by atoms with E-state index < -0.39 is 11.6 Å². The molecule has 0 radical (unpaired) electrons. The van der Waals surface area contributed by atoms with Gasteiger partial charge in [0.1, 0.15) is 29.7 Å².